The Morgan fingerprint density at radius 1 is 0.893 bits per heavy atom. The first-order valence-electron chi connectivity index (χ1n) is 10.2. The molecule has 0 atom stereocenters. The van der Waals surface area contributed by atoms with E-state index in [4.69, 9.17) is 0 Å². The summed E-state index contributed by atoms with van der Waals surface area (Å²) in [5.41, 5.74) is 8.08. The summed E-state index contributed by atoms with van der Waals surface area (Å²) in [7, 11) is 0. The maximum atomic E-state index is 11.1. The Bertz CT molecular complexity index is 1010. The van der Waals surface area contributed by atoms with Crippen LogP contribution in [-0.2, 0) is 5.41 Å². The maximum absolute atomic E-state index is 11.1. The molecule has 2 aromatic carbocycles. The Hall–Kier alpha value is -2.35. The van der Waals surface area contributed by atoms with Crippen molar-refractivity contribution in [3.8, 4) is 11.1 Å². The molecule has 0 radical (unpaired) electrons. The average molecular weight is 375 g/mol. The second-order valence-electron chi connectivity index (χ2n) is 10.8. The summed E-state index contributed by atoms with van der Waals surface area (Å²) in [4.78, 5) is 0. The van der Waals surface area contributed by atoms with Crippen LogP contribution in [0, 0.1) is 10.8 Å². The molecule has 0 saturated carbocycles. The Kier molecular flexibility index (Phi) is 3.95. The van der Waals surface area contributed by atoms with Crippen LogP contribution in [0.15, 0.2) is 48.5 Å². The minimum absolute atomic E-state index is 0.0735. The SMILES string of the molecule is CC1(C)C=C2C(=[N+](O)c3cc(-c4ccc(C(C)(C)C)cc4)ccc32)C(C)(C)C1. The van der Waals surface area contributed by atoms with Gasteiger partial charge in [0.1, 0.15) is 0 Å². The van der Waals surface area contributed by atoms with Gasteiger partial charge in [-0.1, -0.05) is 71.0 Å². The van der Waals surface area contributed by atoms with Gasteiger partial charge in [0.2, 0.25) is 5.71 Å². The number of allylic oxidation sites excluding steroid dienone is 2. The molecule has 4 rings (SSSR count). The predicted octanol–water partition coefficient (Wildman–Crippen LogP) is 6.98. The first-order chi connectivity index (χ1) is 12.9. The van der Waals surface area contributed by atoms with Crippen LogP contribution in [0.3, 0.4) is 0 Å². The lowest BCUT2D eigenvalue weighted by atomic mass is 9.65. The third kappa shape index (κ3) is 2.99. The molecule has 0 unspecified atom stereocenters. The number of rotatable bonds is 1. The van der Waals surface area contributed by atoms with Crippen molar-refractivity contribution in [1.82, 2.24) is 0 Å². The summed E-state index contributed by atoms with van der Waals surface area (Å²) < 4.78 is 1.43. The van der Waals surface area contributed by atoms with Gasteiger partial charge in [-0.3, -0.25) is 5.21 Å². The van der Waals surface area contributed by atoms with Crippen LogP contribution in [0.25, 0.3) is 16.7 Å². The fourth-order valence-electron chi connectivity index (χ4n) is 5.10. The molecule has 1 aliphatic carbocycles. The predicted molar refractivity (Wildman–Crippen MR) is 117 cm³/mol. The standard InChI is InChI=1S/C26H32NO/c1-24(2,3)19-11-8-17(9-12-19)18-10-13-20-21-15-25(4,5)16-26(6,7)23(21)27(28)22(20)14-18/h8-15,28H,16H2,1-7H3/q+1. The van der Waals surface area contributed by atoms with E-state index in [-0.39, 0.29) is 16.2 Å². The number of benzene rings is 2. The molecule has 0 amide bonds. The van der Waals surface area contributed by atoms with Gasteiger partial charge in [0.15, 0.2) is 0 Å². The van der Waals surface area contributed by atoms with Crippen molar-refractivity contribution in [1.29, 1.82) is 0 Å². The van der Waals surface area contributed by atoms with Crippen LogP contribution in [0.4, 0.5) is 5.69 Å². The molecule has 28 heavy (non-hydrogen) atoms. The Labute approximate surface area is 169 Å². The molecule has 0 spiro atoms. The molecular weight excluding hydrogens is 342 g/mol. The lowest BCUT2D eigenvalue weighted by molar-refractivity contribution is -0.712. The van der Waals surface area contributed by atoms with E-state index in [1.54, 1.807) is 0 Å². The Morgan fingerprint density at radius 2 is 1.50 bits per heavy atom. The van der Waals surface area contributed by atoms with Gasteiger partial charge < -0.3 is 0 Å². The third-order valence-electron chi connectivity index (χ3n) is 6.14. The Balaban J connectivity index is 1.81. The molecule has 0 fully saturated rings. The van der Waals surface area contributed by atoms with Crippen molar-refractivity contribution in [2.45, 2.75) is 60.3 Å². The van der Waals surface area contributed by atoms with Gasteiger partial charge in [0.05, 0.1) is 16.6 Å². The van der Waals surface area contributed by atoms with Crippen molar-refractivity contribution in [2.24, 2.45) is 10.8 Å². The minimum atomic E-state index is -0.0735. The summed E-state index contributed by atoms with van der Waals surface area (Å²) in [6.45, 7) is 15.7. The smallest absolute Gasteiger partial charge is 0.266 e. The minimum Gasteiger partial charge on any atom is -0.284 e. The molecule has 0 saturated heterocycles. The van der Waals surface area contributed by atoms with E-state index in [1.807, 2.05) is 0 Å². The van der Waals surface area contributed by atoms with Crippen molar-refractivity contribution in [3.05, 3.63) is 59.7 Å². The van der Waals surface area contributed by atoms with Gasteiger partial charge in [-0.05, 0) is 53.9 Å². The Morgan fingerprint density at radius 3 is 2.11 bits per heavy atom. The van der Waals surface area contributed by atoms with E-state index in [0.29, 0.717) is 0 Å². The summed E-state index contributed by atoms with van der Waals surface area (Å²) in [5.74, 6) is 0. The van der Waals surface area contributed by atoms with Crippen molar-refractivity contribution < 1.29 is 9.95 Å². The molecule has 2 heteroatoms. The van der Waals surface area contributed by atoms with Crippen molar-refractivity contribution >= 4 is 17.0 Å². The van der Waals surface area contributed by atoms with Gasteiger partial charge in [0.25, 0.3) is 5.69 Å². The molecule has 1 heterocycles. The number of hydrogen-bond acceptors (Lipinski definition) is 1. The lowest BCUT2D eigenvalue weighted by Crippen LogP contribution is -2.37. The first-order valence-corrected chi connectivity index (χ1v) is 10.2. The molecule has 0 bridgehead atoms. The van der Waals surface area contributed by atoms with Crippen molar-refractivity contribution in [2.75, 3.05) is 0 Å². The van der Waals surface area contributed by atoms with Gasteiger partial charge in [-0.2, -0.15) is 0 Å². The van der Waals surface area contributed by atoms with Crippen LogP contribution in [0.5, 0.6) is 0 Å². The van der Waals surface area contributed by atoms with Crippen LogP contribution in [0.1, 0.15) is 66.0 Å². The van der Waals surface area contributed by atoms with E-state index in [2.05, 4.69) is 97.0 Å². The maximum Gasteiger partial charge on any atom is 0.266 e. The van der Waals surface area contributed by atoms with E-state index in [0.717, 1.165) is 28.9 Å². The number of nitrogens with zero attached hydrogens (tertiary/aromatic N) is 1. The quantitative estimate of drug-likeness (QED) is 0.422. The zero-order valence-electron chi connectivity index (χ0n) is 18.2. The largest absolute Gasteiger partial charge is 0.284 e. The fourth-order valence-corrected chi connectivity index (χ4v) is 5.10. The average Bonchev–Trinajstić information content (AvgIpc) is 2.85. The van der Waals surface area contributed by atoms with Crippen molar-refractivity contribution in [3.63, 3.8) is 0 Å². The first kappa shape index (κ1) is 19.0. The normalized spacial score (nSPS) is 19.9. The molecule has 2 nitrogen and oxygen atoms in total. The van der Waals surface area contributed by atoms with Gasteiger partial charge in [-0.25, -0.2) is 0 Å². The lowest BCUT2D eigenvalue weighted by Gasteiger charge is -2.35. The van der Waals surface area contributed by atoms with E-state index in [1.165, 1.54) is 21.4 Å². The summed E-state index contributed by atoms with van der Waals surface area (Å²) >= 11 is 0. The highest BCUT2D eigenvalue weighted by Crippen LogP contribution is 2.50. The topological polar surface area (TPSA) is 23.2 Å². The van der Waals surface area contributed by atoms with Gasteiger partial charge in [-0.15, -0.1) is 0 Å². The zero-order valence-corrected chi connectivity index (χ0v) is 18.2. The van der Waals surface area contributed by atoms with Crippen LogP contribution < -0.4 is 0 Å². The van der Waals surface area contributed by atoms with Crippen LogP contribution in [-0.4, -0.2) is 15.7 Å². The third-order valence-corrected chi connectivity index (χ3v) is 6.14. The highest BCUT2D eigenvalue weighted by molar-refractivity contribution is 6.27. The number of fused-ring (bicyclic) bond motifs is 3. The molecular formula is C26H32NO+. The molecule has 0 aromatic heterocycles. The molecule has 1 N–H and O–H groups in total. The summed E-state index contributed by atoms with van der Waals surface area (Å²) in [6, 6.07) is 15.3. The molecule has 146 valence electrons. The second-order valence-corrected chi connectivity index (χ2v) is 10.8. The van der Waals surface area contributed by atoms with Gasteiger partial charge in [0, 0.05) is 10.8 Å². The molecule has 1 aliphatic heterocycles. The summed E-state index contributed by atoms with van der Waals surface area (Å²) in [5, 5.41) is 11.1. The molecule has 2 aromatic rings. The fraction of sp³-hybridized carbons (Fsp3) is 0.423. The second kappa shape index (κ2) is 5.83. The zero-order chi connectivity index (χ0) is 20.5. The van der Waals surface area contributed by atoms with E-state index >= 15 is 0 Å². The highest BCUT2D eigenvalue weighted by atomic mass is 16.5. The highest BCUT2D eigenvalue weighted by Gasteiger charge is 2.50. The van der Waals surface area contributed by atoms with E-state index < -0.39 is 0 Å². The number of hydrogen-bond donors (Lipinski definition) is 1. The molecule has 2 aliphatic rings. The van der Waals surface area contributed by atoms with Crippen LogP contribution >= 0.6 is 0 Å². The van der Waals surface area contributed by atoms with Crippen LogP contribution in [0.2, 0.25) is 0 Å². The van der Waals surface area contributed by atoms with E-state index in [9.17, 15) is 5.21 Å². The van der Waals surface area contributed by atoms with Gasteiger partial charge >= 0.3 is 0 Å². The monoisotopic (exact) mass is 374 g/mol. The summed E-state index contributed by atoms with van der Waals surface area (Å²) in [6.07, 6.45) is 3.35.